The monoisotopic (exact) mass is 420 g/mol. The van der Waals surface area contributed by atoms with Crippen LogP contribution in [0.25, 0.3) is 0 Å². The SMILES string of the molecule is O=C1COc2ccc(C3(O)c4ccccc4C(=O)N3Cc3cccc(Cl)c3)cc2N1. The predicted molar refractivity (Wildman–Crippen MR) is 111 cm³/mol. The number of carbonyl (C=O) groups is 2. The molecule has 0 saturated carbocycles. The fourth-order valence-corrected chi connectivity index (χ4v) is 4.24. The van der Waals surface area contributed by atoms with E-state index in [4.69, 9.17) is 16.3 Å². The Bertz CT molecular complexity index is 1200. The topological polar surface area (TPSA) is 78.9 Å². The van der Waals surface area contributed by atoms with Gasteiger partial charge in [-0.2, -0.15) is 0 Å². The molecule has 6 nitrogen and oxygen atoms in total. The van der Waals surface area contributed by atoms with Crippen molar-refractivity contribution in [3.8, 4) is 5.75 Å². The van der Waals surface area contributed by atoms with Crippen LogP contribution in [-0.2, 0) is 17.1 Å². The number of anilines is 1. The molecular weight excluding hydrogens is 404 g/mol. The Morgan fingerprint density at radius 2 is 1.90 bits per heavy atom. The maximum absolute atomic E-state index is 13.3. The summed E-state index contributed by atoms with van der Waals surface area (Å²) in [6.45, 7) is 0.101. The van der Waals surface area contributed by atoms with Crippen LogP contribution in [-0.4, -0.2) is 28.4 Å². The standard InChI is InChI=1S/C23H17ClN2O4/c24-16-5-3-4-14(10-16)12-26-22(28)17-6-1-2-7-18(17)23(26,29)15-8-9-20-19(11-15)25-21(27)13-30-20/h1-11,29H,12-13H2,(H,25,27). The zero-order valence-electron chi connectivity index (χ0n) is 15.8. The van der Waals surface area contributed by atoms with E-state index < -0.39 is 5.72 Å². The number of ether oxygens (including phenoxy) is 1. The Morgan fingerprint density at radius 3 is 2.73 bits per heavy atom. The van der Waals surface area contributed by atoms with Crippen molar-refractivity contribution in [1.29, 1.82) is 0 Å². The van der Waals surface area contributed by atoms with Crippen molar-refractivity contribution in [1.82, 2.24) is 4.90 Å². The summed E-state index contributed by atoms with van der Waals surface area (Å²) < 4.78 is 5.42. The summed E-state index contributed by atoms with van der Waals surface area (Å²) in [5.74, 6) is -0.0441. The lowest BCUT2D eigenvalue weighted by Gasteiger charge is -2.35. The van der Waals surface area contributed by atoms with Crippen LogP contribution in [0.5, 0.6) is 5.75 Å². The number of nitrogens with one attached hydrogen (secondary N) is 1. The van der Waals surface area contributed by atoms with Gasteiger partial charge >= 0.3 is 0 Å². The molecule has 0 spiro atoms. The molecule has 3 aromatic carbocycles. The second-order valence-electron chi connectivity index (χ2n) is 7.29. The van der Waals surface area contributed by atoms with Gasteiger partial charge in [0.05, 0.1) is 5.69 Å². The normalized spacial score (nSPS) is 19.7. The van der Waals surface area contributed by atoms with Crippen LogP contribution >= 0.6 is 11.6 Å². The van der Waals surface area contributed by atoms with Crippen molar-refractivity contribution in [2.45, 2.75) is 12.3 Å². The third kappa shape index (κ3) is 2.84. The van der Waals surface area contributed by atoms with Gasteiger partial charge < -0.3 is 15.2 Å². The molecule has 0 radical (unpaired) electrons. The van der Waals surface area contributed by atoms with E-state index in [0.29, 0.717) is 33.1 Å². The fourth-order valence-electron chi connectivity index (χ4n) is 4.03. The highest BCUT2D eigenvalue weighted by Gasteiger charge is 2.50. The molecule has 0 bridgehead atoms. The molecule has 1 atom stereocenters. The first-order chi connectivity index (χ1) is 14.5. The molecule has 2 N–H and O–H groups in total. The highest BCUT2D eigenvalue weighted by atomic mass is 35.5. The Morgan fingerprint density at radius 1 is 1.07 bits per heavy atom. The average molecular weight is 421 g/mol. The van der Waals surface area contributed by atoms with Crippen LogP contribution in [0.3, 0.4) is 0 Å². The molecule has 1 unspecified atom stereocenters. The predicted octanol–water partition coefficient (Wildman–Crippen LogP) is 3.52. The first-order valence-electron chi connectivity index (χ1n) is 9.42. The average Bonchev–Trinajstić information content (AvgIpc) is 2.96. The van der Waals surface area contributed by atoms with Gasteiger partial charge in [0, 0.05) is 28.3 Å². The van der Waals surface area contributed by atoms with E-state index >= 15 is 0 Å². The highest BCUT2D eigenvalue weighted by molar-refractivity contribution is 6.30. The molecule has 30 heavy (non-hydrogen) atoms. The lowest BCUT2D eigenvalue weighted by Crippen LogP contribution is -2.44. The molecule has 0 aliphatic carbocycles. The van der Waals surface area contributed by atoms with E-state index in [-0.39, 0.29) is 25.0 Å². The van der Waals surface area contributed by atoms with Crippen molar-refractivity contribution in [3.63, 3.8) is 0 Å². The minimum atomic E-state index is -1.72. The second kappa shape index (κ2) is 6.86. The number of hydrogen-bond donors (Lipinski definition) is 2. The van der Waals surface area contributed by atoms with Crippen LogP contribution in [0.2, 0.25) is 5.02 Å². The largest absolute Gasteiger partial charge is 0.482 e. The maximum atomic E-state index is 13.3. The van der Waals surface area contributed by atoms with Gasteiger partial charge in [0.25, 0.3) is 11.8 Å². The Labute approximate surface area is 177 Å². The number of carbonyl (C=O) groups excluding carboxylic acids is 2. The summed E-state index contributed by atoms with van der Waals surface area (Å²) >= 11 is 6.12. The fraction of sp³-hybridized carbons (Fsp3) is 0.130. The van der Waals surface area contributed by atoms with Gasteiger partial charge in [0.2, 0.25) is 0 Å². The maximum Gasteiger partial charge on any atom is 0.262 e. The number of fused-ring (bicyclic) bond motifs is 2. The van der Waals surface area contributed by atoms with E-state index in [9.17, 15) is 14.7 Å². The minimum Gasteiger partial charge on any atom is -0.482 e. The lowest BCUT2D eigenvalue weighted by atomic mass is 9.93. The first-order valence-corrected chi connectivity index (χ1v) is 9.80. The summed E-state index contributed by atoms with van der Waals surface area (Å²) in [7, 11) is 0. The second-order valence-corrected chi connectivity index (χ2v) is 7.72. The van der Waals surface area contributed by atoms with Crippen LogP contribution in [0.4, 0.5) is 5.69 Å². The molecule has 2 heterocycles. The number of amides is 2. The molecule has 3 aromatic rings. The quantitative estimate of drug-likeness (QED) is 0.679. The Kier molecular flexibility index (Phi) is 4.27. The van der Waals surface area contributed by atoms with Crippen molar-refractivity contribution in [2.75, 3.05) is 11.9 Å². The molecule has 0 fully saturated rings. The molecule has 0 aromatic heterocycles. The number of aliphatic hydroxyl groups is 1. The van der Waals surface area contributed by atoms with Crippen LogP contribution < -0.4 is 10.1 Å². The van der Waals surface area contributed by atoms with Gasteiger partial charge in [-0.3, -0.25) is 14.5 Å². The third-order valence-electron chi connectivity index (χ3n) is 5.41. The molecule has 2 aliphatic rings. The van der Waals surface area contributed by atoms with Crippen LogP contribution in [0.15, 0.2) is 66.7 Å². The van der Waals surface area contributed by atoms with E-state index in [0.717, 1.165) is 5.56 Å². The summed E-state index contributed by atoms with van der Waals surface area (Å²) in [4.78, 5) is 26.4. The Hall–Kier alpha value is -3.35. The number of halogens is 1. The summed E-state index contributed by atoms with van der Waals surface area (Å²) in [6, 6.07) is 19.2. The molecule has 5 rings (SSSR count). The Balaban J connectivity index is 1.65. The smallest absolute Gasteiger partial charge is 0.262 e. The lowest BCUT2D eigenvalue weighted by molar-refractivity contribution is -0.118. The van der Waals surface area contributed by atoms with Gasteiger partial charge in [-0.25, -0.2) is 0 Å². The third-order valence-corrected chi connectivity index (χ3v) is 5.65. The van der Waals surface area contributed by atoms with Gasteiger partial charge in [0.1, 0.15) is 5.75 Å². The molecular formula is C23H17ClN2O4. The number of hydrogen-bond acceptors (Lipinski definition) is 4. The van der Waals surface area contributed by atoms with Gasteiger partial charge in [0.15, 0.2) is 12.3 Å². The zero-order valence-corrected chi connectivity index (χ0v) is 16.5. The molecule has 7 heteroatoms. The highest BCUT2D eigenvalue weighted by Crippen LogP contribution is 2.45. The minimum absolute atomic E-state index is 0.0567. The summed E-state index contributed by atoms with van der Waals surface area (Å²) in [5.41, 5.74) is 0.897. The summed E-state index contributed by atoms with van der Waals surface area (Å²) in [5, 5.41) is 15.3. The zero-order chi connectivity index (χ0) is 20.9. The van der Waals surface area contributed by atoms with Crippen molar-refractivity contribution >= 4 is 29.1 Å². The van der Waals surface area contributed by atoms with E-state index in [1.165, 1.54) is 4.90 Å². The molecule has 2 aliphatic heterocycles. The first kappa shape index (κ1) is 18.7. The number of benzene rings is 3. The van der Waals surface area contributed by atoms with E-state index in [1.54, 1.807) is 60.7 Å². The number of nitrogens with zero attached hydrogens (tertiary/aromatic N) is 1. The summed E-state index contributed by atoms with van der Waals surface area (Å²) in [6.07, 6.45) is 0. The van der Waals surface area contributed by atoms with E-state index in [2.05, 4.69) is 5.32 Å². The van der Waals surface area contributed by atoms with Crippen molar-refractivity contribution in [3.05, 3.63) is 94.0 Å². The van der Waals surface area contributed by atoms with Crippen LogP contribution in [0, 0.1) is 0 Å². The van der Waals surface area contributed by atoms with Crippen molar-refractivity contribution < 1.29 is 19.4 Å². The van der Waals surface area contributed by atoms with Gasteiger partial charge in [-0.15, -0.1) is 0 Å². The van der Waals surface area contributed by atoms with Gasteiger partial charge in [-0.1, -0.05) is 48.0 Å². The van der Waals surface area contributed by atoms with Crippen LogP contribution in [0.1, 0.15) is 27.0 Å². The van der Waals surface area contributed by atoms with E-state index in [1.807, 2.05) is 6.07 Å². The van der Waals surface area contributed by atoms with Gasteiger partial charge in [-0.05, 0) is 35.9 Å². The molecule has 150 valence electrons. The van der Waals surface area contributed by atoms with Crippen molar-refractivity contribution in [2.24, 2.45) is 0 Å². The number of rotatable bonds is 3. The molecule has 2 amide bonds. The molecule has 0 saturated heterocycles.